The zero-order valence-corrected chi connectivity index (χ0v) is 13.3. The molecule has 1 nitrogen and oxygen atoms in total. The molecular formula is C20H28O. The van der Waals surface area contributed by atoms with Crippen molar-refractivity contribution in [2.45, 2.75) is 70.1 Å². The smallest absolute Gasteiger partial charge is 0.146 e. The van der Waals surface area contributed by atoms with Crippen LogP contribution in [0.3, 0.4) is 0 Å². The maximum absolute atomic E-state index is 13.4. The first-order chi connectivity index (χ1) is 10.2. The number of Topliss-reactive ketones (excluding diaryl/α,β-unsaturated/α-hetero) is 1. The van der Waals surface area contributed by atoms with E-state index in [1.165, 1.54) is 37.7 Å². The van der Waals surface area contributed by atoms with Crippen molar-refractivity contribution in [1.82, 2.24) is 0 Å². The Hall–Kier alpha value is -1.11. The molecule has 1 aromatic rings. The van der Waals surface area contributed by atoms with Gasteiger partial charge >= 0.3 is 0 Å². The maximum Gasteiger partial charge on any atom is 0.146 e. The van der Waals surface area contributed by atoms with Gasteiger partial charge in [0.1, 0.15) is 5.78 Å². The summed E-state index contributed by atoms with van der Waals surface area (Å²) in [7, 11) is 0. The molecule has 2 aliphatic carbocycles. The minimum Gasteiger partial charge on any atom is -0.298 e. The van der Waals surface area contributed by atoms with Crippen molar-refractivity contribution < 1.29 is 4.79 Å². The SMILES string of the molecule is CC1CCCC(C(=O)C2(c3ccccc3)CCCCC2)C1. The van der Waals surface area contributed by atoms with E-state index in [4.69, 9.17) is 0 Å². The molecule has 0 bridgehead atoms. The average molecular weight is 284 g/mol. The zero-order valence-electron chi connectivity index (χ0n) is 13.3. The molecule has 0 N–H and O–H groups in total. The van der Waals surface area contributed by atoms with E-state index >= 15 is 0 Å². The van der Waals surface area contributed by atoms with E-state index in [-0.39, 0.29) is 5.41 Å². The summed E-state index contributed by atoms with van der Waals surface area (Å²) in [4.78, 5) is 13.4. The van der Waals surface area contributed by atoms with Crippen LogP contribution in [-0.2, 0) is 10.2 Å². The van der Waals surface area contributed by atoms with Gasteiger partial charge in [-0.25, -0.2) is 0 Å². The summed E-state index contributed by atoms with van der Waals surface area (Å²) in [5.74, 6) is 1.61. The van der Waals surface area contributed by atoms with E-state index in [1.807, 2.05) is 0 Å². The van der Waals surface area contributed by atoms with Gasteiger partial charge in [-0.2, -0.15) is 0 Å². The Morgan fingerprint density at radius 3 is 2.38 bits per heavy atom. The van der Waals surface area contributed by atoms with E-state index in [9.17, 15) is 4.79 Å². The molecule has 2 atom stereocenters. The highest BCUT2D eigenvalue weighted by Crippen LogP contribution is 2.44. The summed E-state index contributed by atoms with van der Waals surface area (Å²) in [5, 5.41) is 0. The van der Waals surface area contributed by atoms with Crippen molar-refractivity contribution in [3.05, 3.63) is 35.9 Å². The van der Waals surface area contributed by atoms with Crippen molar-refractivity contribution in [3.63, 3.8) is 0 Å². The third-order valence-corrected chi connectivity index (χ3v) is 5.81. The third-order valence-electron chi connectivity index (χ3n) is 5.81. The second kappa shape index (κ2) is 6.34. The first-order valence-electron chi connectivity index (χ1n) is 8.82. The average Bonchev–Trinajstić information content (AvgIpc) is 2.55. The van der Waals surface area contributed by atoms with Crippen LogP contribution in [0.2, 0.25) is 0 Å². The van der Waals surface area contributed by atoms with Crippen molar-refractivity contribution in [1.29, 1.82) is 0 Å². The monoisotopic (exact) mass is 284 g/mol. The molecule has 2 unspecified atom stereocenters. The number of carbonyl (C=O) groups excluding carboxylic acids is 1. The quantitative estimate of drug-likeness (QED) is 0.737. The highest BCUT2D eigenvalue weighted by molar-refractivity contribution is 5.92. The van der Waals surface area contributed by atoms with Crippen LogP contribution in [0.15, 0.2) is 30.3 Å². The van der Waals surface area contributed by atoms with Gasteiger partial charge in [-0.15, -0.1) is 0 Å². The number of carbonyl (C=O) groups is 1. The van der Waals surface area contributed by atoms with Crippen molar-refractivity contribution in [2.75, 3.05) is 0 Å². The van der Waals surface area contributed by atoms with Gasteiger partial charge in [0.2, 0.25) is 0 Å². The third kappa shape index (κ3) is 2.93. The molecule has 2 saturated carbocycles. The predicted octanol–water partition coefficient (Wildman–Crippen LogP) is 5.28. The standard InChI is InChI=1S/C20H28O/c1-16-9-8-10-17(15-16)19(21)20(13-6-3-7-14-20)18-11-4-2-5-12-18/h2,4-5,11-12,16-17H,3,6-10,13-15H2,1H3. The fourth-order valence-corrected chi connectivity index (χ4v) is 4.65. The van der Waals surface area contributed by atoms with Crippen molar-refractivity contribution in [2.24, 2.45) is 11.8 Å². The highest BCUT2D eigenvalue weighted by atomic mass is 16.1. The second-order valence-electron chi connectivity index (χ2n) is 7.34. The molecule has 21 heavy (non-hydrogen) atoms. The first-order valence-corrected chi connectivity index (χ1v) is 8.82. The summed E-state index contributed by atoms with van der Waals surface area (Å²) < 4.78 is 0. The van der Waals surface area contributed by atoms with Crippen LogP contribution >= 0.6 is 0 Å². The molecule has 1 aromatic carbocycles. The van der Waals surface area contributed by atoms with Gasteiger partial charge < -0.3 is 0 Å². The molecule has 0 radical (unpaired) electrons. The second-order valence-corrected chi connectivity index (χ2v) is 7.34. The van der Waals surface area contributed by atoms with Gasteiger partial charge in [0.15, 0.2) is 0 Å². The van der Waals surface area contributed by atoms with Crippen LogP contribution in [0.1, 0.15) is 70.3 Å². The van der Waals surface area contributed by atoms with Crippen LogP contribution in [0.5, 0.6) is 0 Å². The number of ketones is 1. The molecule has 1 heteroatoms. The molecule has 2 aliphatic rings. The number of rotatable bonds is 3. The molecule has 0 amide bonds. The Bertz CT molecular complexity index is 470. The molecule has 0 heterocycles. The first kappa shape index (κ1) is 14.8. The molecule has 2 fully saturated rings. The van der Waals surface area contributed by atoms with E-state index in [0.717, 1.165) is 31.6 Å². The van der Waals surface area contributed by atoms with E-state index in [0.29, 0.717) is 11.7 Å². The zero-order chi connectivity index (χ0) is 14.7. The Balaban J connectivity index is 1.90. The lowest BCUT2D eigenvalue weighted by Gasteiger charge is -2.40. The minimum atomic E-state index is -0.165. The summed E-state index contributed by atoms with van der Waals surface area (Å²) in [6, 6.07) is 10.6. The fraction of sp³-hybridized carbons (Fsp3) is 0.650. The van der Waals surface area contributed by atoms with E-state index in [1.54, 1.807) is 0 Å². The molecule has 3 rings (SSSR count). The van der Waals surface area contributed by atoms with Crippen LogP contribution in [-0.4, -0.2) is 5.78 Å². The normalized spacial score (nSPS) is 29.0. The molecule has 0 aromatic heterocycles. The Morgan fingerprint density at radius 2 is 1.71 bits per heavy atom. The van der Waals surface area contributed by atoms with Gasteiger partial charge in [-0.1, -0.05) is 69.4 Å². The van der Waals surface area contributed by atoms with Gasteiger partial charge in [0, 0.05) is 5.92 Å². The summed E-state index contributed by atoms with van der Waals surface area (Å²) in [5.41, 5.74) is 1.12. The largest absolute Gasteiger partial charge is 0.298 e. The van der Waals surface area contributed by atoms with Crippen LogP contribution in [0, 0.1) is 11.8 Å². The number of hydrogen-bond donors (Lipinski definition) is 0. The Kier molecular flexibility index (Phi) is 4.47. The molecule has 0 saturated heterocycles. The van der Waals surface area contributed by atoms with Gasteiger partial charge in [-0.05, 0) is 37.2 Å². The topological polar surface area (TPSA) is 17.1 Å². The van der Waals surface area contributed by atoms with Crippen LogP contribution < -0.4 is 0 Å². The lowest BCUT2D eigenvalue weighted by molar-refractivity contribution is -0.131. The summed E-state index contributed by atoms with van der Waals surface area (Å²) >= 11 is 0. The van der Waals surface area contributed by atoms with E-state index in [2.05, 4.69) is 37.3 Å². The Morgan fingerprint density at radius 1 is 1.00 bits per heavy atom. The van der Waals surface area contributed by atoms with Gasteiger partial charge in [0.25, 0.3) is 0 Å². The molecule has 0 aliphatic heterocycles. The fourth-order valence-electron chi connectivity index (χ4n) is 4.65. The van der Waals surface area contributed by atoms with Gasteiger partial charge in [-0.3, -0.25) is 4.79 Å². The summed E-state index contributed by atoms with van der Waals surface area (Å²) in [6.45, 7) is 2.31. The van der Waals surface area contributed by atoms with Crippen LogP contribution in [0.4, 0.5) is 0 Å². The lowest BCUT2D eigenvalue weighted by atomic mass is 9.62. The van der Waals surface area contributed by atoms with Gasteiger partial charge in [0.05, 0.1) is 5.41 Å². The Labute approximate surface area is 129 Å². The maximum atomic E-state index is 13.4. The summed E-state index contributed by atoms with van der Waals surface area (Å²) in [6.07, 6.45) is 10.6. The number of hydrogen-bond acceptors (Lipinski definition) is 1. The van der Waals surface area contributed by atoms with Crippen molar-refractivity contribution in [3.8, 4) is 0 Å². The minimum absolute atomic E-state index is 0.165. The van der Waals surface area contributed by atoms with Crippen molar-refractivity contribution >= 4 is 5.78 Å². The number of benzene rings is 1. The predicted molar refractivity (Wildman–Crippen MR) is 87.3 cm³/mol. The van der Waals surface area contributed by atoms with E-state index < -0.39 is 0 Å². The highest BCUT2D eigenvalue weighted by Gasteiger charge is 2.44. The molecule has 114 valence electrons. The molecular weight excluding hydrogens is 256 g/mol. The molecule has 0 spiro atoms. The lowest BCUT2D eigenvalue weighted by Crippen LogP contribution is -2.43. The van der Waals surface area contributed by atoms with Crippen LogP contribution in [0.25, 0.3) is 0 Å².